The standard InChI is InChI=1S/C12H19N5S2/c1-5-8-10(19-17-14-8)11-16-15-9(18-11)6-7-13-12(2,3)4/h13H,5-7H2,1-4H3. The van der Waals surface area contributed by atoms with Crippen LogP contribution in [0.15, 0.2) is 0 Å². The molecule has 19 heavy (non-hydrogen) atoms. The Morgan fingerprint density at radius 3 is 2.63 bits per heavy atom. The second-order valence-corrected chi connectivity index (χ2v) is 7.15. The molecule has 0 fully saturated rings. The molecule has 5 nitrogen and oxygen atoms in total. The normalized spacial score (nSPS) is 12.0. The van der Waals surface area contributed by atoms with E-state index >= 15 is 0 Å². The van der Waals surface area contributed by atoms with E-state index in [1.165, 1.54) is 11.5 Å². The van der Waals surface area contributed by atoms with Crippen molar-refractivity contribution in [2.75, 3.05) is 6.54 Å². The van der Waals surface area contributed by atoms with E-state index < -0.39 is 0 Å². The number of hydrogen-bond donors (Lipinski definition) is 1. The third-order valence-electron chi connectivity index (χ3n) is 2.55. The van der Waals surface area contributed by atoms with E-state index in [1.807, 2.05) is 0 Å². The van der Waals surface area contributed by atoms with Gasteiger partial charge in [0.1, 0.15) is 9.88 Å². The van der Waals surface area contributed by atoms with Crippen molar-refractivity contribution in [2.24, 2.45) is 0 Å². The number of aromatic nitrogens is 4. The molecule has 104 valence electrons. The number of aryl methyl sites for hydroxylation is 1. The summed E-state index contributed by atoms with van der Waals surface area (Å²) in [5, 5.41) is 18.1. The number of rotatable bonds is 5. The number of nitrogens with zero attached hydrogens (tertiary/aromatic N) is 4. The summed E-state index contributed by atoms with van der Waals surface area (Å²) < 4.78 is 3.99. The van der Waals surface area contributed by atoms with Crippen LogP contribution < -0.4 is 5.32 Å². The smallest absolute Gasteiger partial charge is 0.161 e. The molecule has 0 saturated heterocycles. The first-order chi connectivity index (χ1) is 8.99. The molecule has 1 N–H and O–H groups in total. The lowest BCUT2D eigenvalue weighted by atomic mass is 10.1. The molecule has 0 aliphatic rings. The fourth-order valence-corrected chi connectivity index (χ4v) is 3.26. The molecule has 0 atom stereocenters. The van der Waals surface area contributed by atoms with Crippen LogP contribution in [-0.4, -0.2) is 31.9 Å². The van der Waals surface area contributed by atoms with E-state index in [2.05, 4.69) is 52.8 Å². The van der Waals surface area contributed by atoms with Crippen molar-refractivity contribution in [3.8, 4) is 9.88 Å². The lowest BCUT2D eigenvalue weighted by Crippen LogP contribution is -2.37. The molecule has 0 aliphatic carbocycles. The summed E-state index contributed by atoms with van der Waals surface area (Å²) in [6.07, 6.45) is 1.79. The molecular weight excluding hydrogens is 278 g/mol. The summed E-state index contributed by atoms with van der Waals surface area (Å²) in [6.45, 7) is 9.48. The molecule has 0 amide bonds. The summed E-state index contributed by atoms with van der Waals surface area (Å²) in [4.78, 5) is 1.06. The Morgan fingerprint density at radius 1 is 1.16 bits per heavy atom. The average Bonchev–Trinajstić information content (AvgIpc) is 2.93. The zero-order chi connectivity index (χ0) is 13.9. The van der Waals surface area contributed by atoms with Crippen LogP contribution in [0.5, 0.6) is 0 Å². The van der Waals surface area contributed by atoms with Crippen molar-refractivity contribution < 1.29 is 0 Å². The van der Waals surface area contributed by atoms with Gasteiger partial charge in [-0.2, -0.15) is 0 Å². The second kappa shape index (κ2) is 6.02. The number of hydrogen-bond acceptors (Lipinski definition) is 7. The van der Waals surface area contributed by atoms with Gasteiger partial charge in [-0.3, -0.25) is 0 Å². The Labute approximate surface area is 121 Å². The molecule has 0 aromatic carbocycles. The Balaban J connectivity index is 2.00. The van der Waals surface area contributed by atoms with Gasteiger partial charge in [-0.15, -0.1) is 15.3 Å². The SMILES string of the molecule is CCc1nnsc1-c1nnc(CCNC(C)(C)C)s1. The first-order valence-corrected chi connectivity index (χ1v) is 7.97. The van der Waals surface area contributed by atoms with Crippen molar-refractivity contribution in [3.63, 3.8) is 0 Å². The lowest BCUT2D eigenvalue weighted by Gasteiger charge is -2.19. The van der Waals surface area contributed by atoms with Crippen molar-refractivity contribution in [1.82, 2.24) is 25.1 Å². The minimum atomic E-state index is 0.143. The summed E-state index contributed by atoms with van der Waals surface area (Å²) in [6, 6.07) is 0. The van der Waals surface area contributed by atoms with E-state index in [1.54, 1.807) is 11.3 Å². The van der Waals surface area contributed by atoms with Crippen LogP contribution in [0, 0.1) is 0 Å². The van der Waals surface area contributed by atoms with Crippen LogP contribution >= 0.6 is 22.9 Å². The monoisotopic (exact) mass is 297 g/mol. The van der Waals surface area contributed by atoms with E-state index in [0.29, 0.717) is 0 Å². The van der Waals surface area contributed by atoms with Gasteiger partial charge in [0.05, 0.1) is 5.69 Å². The molecular formula is C12H19N5S2. The lowest BCUT2D eigenvalue weighted by molar-refractivity contribution is 0.429. The highest BCUT2D eigenvalue weighted by atomic mass is 32.1. The van der Waals surface area contributed by atoms with Gasteiger partial charge in [-0.1, -0.05) is 22.7 Å². The first-order valence-electron chi connectivity index (χ1n) is 6.38. The summed E-state index contributed by atoms with van der Waals surface area (Å²) >= 11 is 3.04. The first kappa shape index (κ1) is 14.5. The van der Waals surface area contributed by atoms with Gasteiger partial charge in [0, 0.05) is 18.5 Å². The van der Waals surface area contributed by atoms with Crippen LogP contribution in [0.1, 0.15) is 38.4 Å². The molecule has 0 saturated carbocycles. The van der Waals surface area contributed by atoms with Gasteiger partial charge in [0.25, 0.3) is 0 Å². The van der Waals surface area contributed by atoms with Gasteiger partial charge < -0.3 is 5.32 Å². The summed E-state index contributed by atoms with van der Waals surface area (Å²) in [5.41, 5.74) is 1.16. The predicted molar refractivity (Wildman–Crippen MR) is 79.6 cm³/mol. The minimum Gasteiger partial charge on any atom is -0.312 e. The largest absolute Gasteiger partial charge is 0.312 e. The second-order valence-electron chi connectivity index (χ2n) is 5.33. The van der Waals surface area contributed by atoms with Gasteiger partial charge >= 0.3 is 0 Å². The van der Waals surface area contributed by atoms with Crippen LogP contribution in [-0.2, 0) is 12.8 Å². The van der Waals surface area contributed by atoms with Crippen molar-refractivity contribution in [1.29, 1.82) is 0 Å². The fraction of sp³-hybridized carbons (Fsp3) is 0.667. The van der Waals surface area contributed by atoms with Crippen molar-refractivity contribution in [3.05, 3.63) is 10.7 Å². The number of nitrogens with one attached hydrogen (secondary N) is 1. The van der Waals surface area contributed by atoms with Crippen LogP contribution in [0.4, 0.5) is 0 Å². The zero-order valence-corrected chi connectivity index (χ0v) is 13.4. The van der Waals surface area contributed by atoms with Crippen LogP contribution in [0.2, 0.25) is 0 Å². The molecule has 7 heteroatoms. The summed E-state index contributed by atoms with van der Waals surface area (Å²) in [5.74, 6) is 0. The van der Waals surface area contributed by atoms with Crippen LogP contribution in [0.3, 0.4) is 0 Å². The molecule has 0 spiro atoms. The predicted octanol–water partition coefficient (Wildman–Crippen LogP) is 2.55. The third-order valence-corrected chi connectivity index (χ3v) is 4.45. The Hall–Kier alpha value is -0.920. The van der Waals surface area contributed by atoms with E-state index in [4.69, 9.17) is 0 Å². The molecule has 2 rings (SSSR count). The molecule has 0 unspecified atom stereocenters. The highest BCUT2D eigenvalue weighted by Crippen LogP contribution is 2.29. The Morgan fingerprint density at radius 2 is 1.95 bits per heavy atom. The summed E-state index contributed by atoms with van der Waals surface area (Å²) in [7, 11) is 0. The average molecular weight is 297 g/mol. The maximum absolute atomic E-state index is 4.25. The molecule has 2 heterocycles. The van der Waals surface area contributed by atoms with Crippen LogP contribution in [0.25, 0.3) is 9.88 Å². The molecule has 2 aromatic heterocycles. The van der Waals surface area contributed by atoms with E-state index in [-0.39, 0.29) is 5.54 Å². The molecule has 2 aromatic rings. The van der Waals surface area contributed by atoms with Gasteiger partial charge in [-0.05, 0) is 38.7 Å². The van der Waals surface area contributed by atoms with Crippen molar-refractivity contribution in [2.45, 2.75) is 46.1 Å². The molecule has 0 aliphatic heterocycles. The molecule has 0 bridgehead atoms. The van der Waals surface area contributed by atoms with Crippen molar-refractivity contribution >= 4 is 22.9 Å². The van der Waals surface area contributed by atoms with Gasteiger partial charge in [-0.25, -0.2) is 0 Å². The third kappa shape index (κ3) is 4.02. The minimum absolute atomic E-state index is 0.143. The van der Waals surface area contributed by atoms with E-state index in [9.17, 15) is 0 Å². The highest BCUT2D eigenvalue weighted by molar-refractivity contribution is 7.19. The highest BCUT2D eigenvalue weighted by Gasteiger charge is 2.14. The van der Waals surface area contributed by atoms with Gasteiger partial charge in [0.15, 0.2) is 5.01 Å². The Kier molecular flexibility index (Phi) is 4.59. The zero-order valence-electron chi connectivity index (χ0n) is 11.7. The fourth-order valence-electron chi connectivity index (χ4n) is 1.59. The Bertz CT molecular complexity index is 526. The van der Waals surface area contributed by atoms with Gasteiger partial charge in [0.2, 0.25) is 0 Å². The maximum Gasteiger partial charge on any atom is 0.161 e. The topological polar surface area (TPSA) is 63.6 Å². The molecule has 0 radical (unpaired) electrons. The maximum atomic E-state index is 4.25. The van der Waals surface area contributed by atoms with E-state index in [0.717, 1.165) is 40.0 Å². The quantitative estimate of drug-likeness (QED) is 0.919.